The van der Waals surface area contributed by atoms with Gasteiger partial charge < -0.3 is 10.4 Å². The summed E-state index contributed by atoms with van der Waals surface area (Å²) in [5.41, 5.74) is 1.96. The first-order valence-corrected chi connectivity index (χ1v) is 10.0. The van der Waals surface area contributed by atoms with Gasteiger partial charge in [0.1, 0.15) is 0 Å². The number of anilines is 1. The summed E-state index contributed by atoms with van der Waals surface area (Å²) in [4.78, 5) is 21.5. The van der Waals surface area contributed by atoms with Crippen LogP contribution in [-0.2, 0) is 11.8 Å². The van der Waals surface area contributed by atoms with Crippen molar-refractivity contribution in [3.63, 3.8) is 0 Å². The van der Waals surface area contributed by atoms with Gasteiger partial charge in [-0.15, -0.1) is 5.10 Å². The number of hydrogen-bond acceptors (Lipinski definition) is 6. The van der Waals surface area contributed by atoms with Crippen molar-refractivity contribution in [3.05, 3.63) is 52.0 Å². The summed E-state index contributed by atoms with van der Waals surface area (Å²) in [5.74, 6) is 0.797. The number of nitrogens with zero attached hydrogens (tertiary/aromatic N) is 4. The first-order valence-electron chi connectivity index (χ1n) is 10.0. The third kappa shape index (κ3) is 4.64. The molecule has 3 rings (SSSR count). The minimum Gasteiger partial charge on any atom is -0.387 e. The molecule has 0 amide bonds. The summed E-state index contributed by atoms with van der Waals surface area (Å²) in [5, 5.41) is 20.9. The molecule has 0 radical (unpaired) electrons. The Morgan fingerprint density at radius 2 is 2.07 bits per heavy atom. The van der Waals surface area contributed by atoms with Crippen LogP contribution in [0.3, 0.4) is 0 Å². The van der Waals surface area contributed by atoms with Gasteiger partial charge in [-0.05, 0) is 30.4 Å². The largest absolute Gasteiger partial charge is 0.387 e. The number of aliphatic hydroxyl groups is 1. The van der Waals surface area contributed by atoms with Crippen molar-refractivity contribution in [2.75, 3.05) is 11.9 Å². The first kappa shape index (κ1) is 21.0. The van der Waals surface area contributed by atoms with E-state index in [1.54, 1.807) is 6.20 Å². The monoisotopic (exact) mass is 398 g/mol. The van der Waals surface area contributed by atoms with Gasteiger partial charge in [0.05, 0.1) is 17.5 Å². The van der Waals surface area contributed by atoms with Gasteiger partial charge in [0, 0.05) is 24.4 Å². The number of aliphatic hydroxyl groups excluding tert-OH is 1. The Morgan fingerprint density at radius 1 is 1.31 bits per heavy atom. The predicted molar refractivity (Wildman–Crippen MR) is 113 cm³/mol. The van der Waals surface area contributed by atoms with E-state index < -0.39 is 6.10 Å². The van der Waals surface area contributed by atoms with Gasteiger partial charge in [0.25, 0.3) is 0 Å². The lowest BCUT2D eigenvalue weighted by Gasteiger charge is -2.26. The highest BCUT2D eigenvalue weighted by Crippen LogP contribution is 2.32. The SMILES string of the molecule is CC(C)CC(O)c1c(C(C)(C)C)nc(NCCc2cccnc2)c2n[nH]c(=O)n12. The van der Waals surface area contributed by atoms with Crippen molar-refractivity contribution in [2.45, 2.75) is 59.0 Å². The number of pyridine rings is 1. The molecule has 0 saturated heterocycles. The molecular formula is C21H30N6O2. The van der Waals surface area contributed by atoms with E-state index in [0.29, 0.717) is 35.8 Å². The van der Waals surface area contributed by atoms with Gasteiger partial charge in [-0.25, -0.2) is 19.3 Å². The van der Waals surface area contributed by atoms with Gasteiger partial charge >= 0.3 is 5.69 Å². The van der Waals surface area contributed by atoms with Crippen LogP contribution in [0.15, 0.2) is 29.3 Å². The van der Waals surface area contributed by atoms with Crippen LogP contribution in [0.2, 0.25) is 0 Å². The van der Waals surface area contributed by atoms with Crippen LogP contribution in [0.1, 0.15) is 64.1 Å². The molecule has 8 heteroatoms. The molecule has 0 saturated carbocycles. The fourth-order valence-corrected chi connectivity index (χ4v) is 3.41. The maximum absolute atomic E-state index is 12.6. The summed E-state index contributed by atoms with van der Waals surface area (Å²) in [6.45, 7) is 10.8. The van der Waals surface area contributed by atoms with Gasteiger partial charge in [0.2, 0.25) is 5.65 Å². The van der Waals surface area contributed by atoms with Crippen LogP contribution in [0.5, 0.6) is 0 Å². The quantitative estimate of drug-likeness (QED) is 0.565. The van der Waals surface area contributed by atoms with Gasteiger partial charge in [-0.1, -0.05) is 40.7 Å². The lowest BCUT2D eigenvalue weighted by atomic mass is 9.87. The minimum atomic E-state index is -0.807. The molecule has 0 spiro atoms. The number of H-pyrrole nitrogens is 1. The van der Waals surface area contributed by atoms with E-state index in [0.717, 1.165) is 12.0 Å². The highest BCUT2D eigenvalue weighted by molar-refractivity contribution is 5.63. The zero-order valence-electron chi connectivity index (χ0n) is 17.7. The van der Waals surface area contributed by atoms with Crippen LogP contribution in [0, 0.1) is 5.92 Å². The van der Waals surface area contributed by atoms with Gasteiger partial charge in [-0.2, -0.15) is 0 Å². The van der Waals surface area contributed by atoms with E-state index in [4.69, 9.17) is 4.98 Å². The van der Waals surface area contributed by atoms with Crippen LogP contribution in [0.25, 0.3) is 5.65 Å². The van der Waals surface area contributed by atoms with Crippen molar-refractivity contribution in [3.8, 4) is 0 Å². The molecule has 0 aliphatic heterocycles. The molecule has 8 nitrogen and oxygen atoms in total. The summed E-state index contributed by atoms with van der Waals surface area (Å²) >= 11 is 0. The zero-order chi connectivity index (χ0) is 21.2. The summed E-state index contributed by atoms with van der Waals surface area (Å²) in [6, 6.07) is 3.92. The third-order valence-electron chi connectivity index (χ3n) is 4.74. The Balaban J connectivity index is 2.04. The number of nitrogens with one attached hydrogen (secondary N) is 2. The van der Waals surface area contributed by atoms with Crippen LogP contribution < -0.4 is 11.0 Å². The lowest BCUT2D eigenvalue weighted by molar-refractivity contribution is 0.142. The van der Waals surface area contributed by atoms with E-state index in [9.17, 15) is 9.90 Å². The molecule has 1 unspecified atom stereocenters. The molecule has 3 aromatic rings. The Labute approximate surface area is 170 Å². The fraction of sp³-hybridized carbons (Fsp3) is 0.524. The van der Waals surface area contributed by atoms with Crippen LogP contribution >= 0.6 is 0 Å². The van der Waals surface area contributed by atoms with Gasteiger partial charge in [-0.3, -0.25) is 4.98 Å². The van der Waals surface area contributed by atoms with E-state index >= 15 is 0 Å². The number of fused-ring (bicyclic) bond motifs is 1. The smallest absolute Gasteiger partial charge is 0.348 e. The van der Waals surface area contributed by atoms with Crippen molar-refractivity contribution < 1.29 is 5.11 Å². The van der Waals surface area contributed by atoms with E-state index in [1.807, 2.05) is 52.9 Å². The summed E-state index contributed by atoms with van der Waals surface area (Å²) < 4.78 is 1.47. The maximum Gasteiger partial charge on any atom is 0.348 e. The Kier molecular flexibility index (Phi) is 6.02. The number of aromatic nitrogens is 5. The Bertz CT molecular complexity index is 1020. The molecule has 3 N–H and O–H groups in total. The van der Waals surface area contributed by atoms with Crippen LogP contribution in [0.4, 0.5) is 5.82 Å². The normalized spacial score (nSPS) is 13.2. The average Bonchev–Trinajstić information content (AvgIpc) is 3.03. The Hall–Kier alpha value is -2.74. The highest BCUT2D eigenvalue weighted by Gasteiger charge is 2.29. The molecule has 0 bridgehead atoms. The molecule has 0 aromatic carbocycles. The second-order valence-electron chi connectivity index (χ2n) is 8.82. The highest BCUT2D eigenvalue weighted by atomic mass is 16.3. The van der Waals surface area contributed by atoms with Crippen molar-refractivity contribution >= 4 is 11.5 Å². The lowest BCUT2D eigenvalue weighted by Crippen LogP contribution is -2.27. The minimum absolute atomic E-state index is 0.271. The van der Waals surface area contributed by atoms with E-state index in [-0.39, 0.29) is 17.0 Å². The second-order valence-corrected chi connectivity index (χ2v) is 8.82. The molecule has 3 aromatic heterocycles. The number of rotatable bonds is 7. The maximum atomic E-state index is 12.6. The van der Waals surface area contributed by atoms with Crippen molar-refractivity contribution in [1.29, 1.82) is 0 Å². The summed E-state index contributed by atoms with van der Waals surface area (Å²) in [6.07, 6.45) is 4.06. The van der Waals surface area contributed by atoms with Gasteiger partial charge in [0.15, 0.2) is 5.82 Å². The Morgan fingerprint density at radius 3 is 2.69 bits per heavy atom. The third-order valence-corrected chi connectivity index (χ3v) is 4.74. The zero-order valence-corrected chi connectivity index (χ0v) is 17.7. The molecule has 3 heterocycles. The average molecular weight is 399 g/mol. The molecular weight excluding hydrogens is 368 g/mol. The number of hydrogen-bond donors (Lipinski definition) is 3. The van der Waals surface area contributed by atoms with E-state index in [1.165, 1.54) is 4.40 Å². The first-order chi connectivity index (χ1) is 13.7. The number of aromatic amines is 1. The van der Waals surface area contributed by atoms with E-state index in [2.05, 4.69) is 20.5 Å². The molecule has 0 fully saturated rings. The van der Waals surface area contributed by atoms with Crippen LogP contribution in [-0.4, -0.2) is 36.2 Å². The predicted octanol–water partition coefficient (Wildman–Crippen LogP) is 2.84. The second kappa shape index (κ2) is 8.32. The molecule has 0 aliphatic rings. The fourth-order valence-electron chi connectivity index (χ4n) is 3.41. The topological polar surface area (TPSA) is 108 Å². The molecule has 1 atom stereocenters. The molecule has 156 valence electrons. The summed E-state index contributed by atoms with van der Waals surface area (Å²) in [7, 11) is 0. The standard InChI is InChI=1S/C21H30N6O2/c1-13(2)11-15(28)16-17(21(3,4)5)24-18(19-25-26-20(29)27(16)19)23-10-8-14-7-6-9-22-12-14/h6-7,9,12-13,15,28H,8,10-11H2,1-5H3,(H,23,24)(H,26,29). The molecule has 29 heavy (non-hydrogen) atoms. The van der Waals surface area contributed by atoms with Crippen molar-refractivity contribution in [1.82, 2.24) is 24.6 Å². The van der Waals surface area contributed by atoms with Crippen molar-refractivity contribution in [2.24, 2.45) is 5.92 Å². The molecule has 0 aliphatic carbocycles.